The van der Waals surface area contributed by atoms with Crippen molar-refractivity contribution in [2.75, 3.05) is 37.4 Å². The Labute approximate surface area is 123 Å². The zero-order valence-electron chi connectivity index (χ0n) is 12.5. The summed E-state index contributed by atoms with van der Waals surface area (Å²) in [6, 6.07) is 0. The van der Waals surface area contributed by atoms with Crippen LogP contribution in [-0.2, 0) is 0 Å². The van der Waals surface area contributed by atoms with Gasteiger partial charge in [-0.15, -0.1) is 0 Å². The molecule has 0 aromatic carbocycles. The molecule has 0 aliphatic carbocycles. The Morgan fingerprint density at radius 2 is 2.14 bits per heavy atom. The number of piperidine rings is 1. The zero-order chi connectivity index (χ0) is 14.9. The molecular weight excluding hydrogens is 268 g/mol. The minimum atomic E-state index is 0.282. The van der Waals surface area contributed by atoms with Gasteiger partial charge in [-0.05, 0) is 38.4 Å². The smallest absolute Gasteiger partial charge is 0.241 e. The third-order valence-corrected chi connectivity index (χ3v) is 4.32. The molecule has 114 valence electrons. The van der Waals surface area contributed by atoms with Gasteiger partial charge in [0.05, 0.1) is 11.6 Å². The molecule has 0 atom stereocenters. The summed E-state index contributed by atoms with van der Waals surface area (Å²) in [5.74, 6) is 6.56. The molecule has 0 amide bonds. The van der Waals surface area contributed by atoms with E-state index in [1.807, 2.05) is 0 Å². The highest BCUT2D eigenvalue weighted by Gasteiger charge is 2.29. The van der Waals surface area contributed by atoms with Gasteiger partial charge in [-0.1, -0.05) is 6.92 Å². The summed E-state index contributed by atoms with van der Waals surface area (Å²) in [6.07, 6.45) is 4.09. The Balaban J connectivity index is 1.77. The van der Waals surface area contributed by atoms with Gasteiger partial charge in [0.1, 0.15) is 5.82 Å². The van der Waals surface area contributed by atoms with Crippen molar-refractivity contribution in [2.45, 2.75) is 19.8 Å². The number of hydrogen-bond donors (Lipinski definition) is 4. The van der Waals surface area contributed by atoms with Crippen LogP contribution in [-0.4, -0.2) is 51.7 Å². The maximum Gasteiger partial charge on any atom is 0.241 e. The van der Waals surface area contributed by atoms with Crippen LogP contribution in [0.5, 0.6) is 0 Å². The third kappa shape index (κ3) is 2.91. The Hall–Kier alpha value is -1.93. The molecular formula is C13H22N8. The van der Waals surface area contributed by atoms with Crippen LogP contribution in [0.15, 0.2) is 6.20 Å². The number of likely N-dealkylation sites (tertiary alicyclic amines) is 1. The van der Waals surface area contributed by atoms with Crippen molar-refractivity contribution >= 4 is 22.8 Å². The molecule has 1 aliphatic heterocycles. The molecule has 0 bridgehead atoms. The van der Waals surface area contributed by atoms with Gasteiger partial charge in [0.2, 0.25) is 5.95 Å². The molecule has 8 nitrogen and oxygen atoms in total. The van der Waals surface area contributed by atoms with E-state index in [9.17, 15) is 0 Å². The van der Waals surface area contributed by atoms with Crippen LogP contribution in [0.4, 0.5) is 11.8 Å². The Kier molecular flexibility index (Phi) is 3.64. The average molecular weight is 290 g/mol. The summed E-state index contributed by atoms with van der Waals surface area (Å²) in [7, 11) is 2.17. The van der Waals surface area contributed by atoms with E-state index in [0.29, 0.717) is 11.6 Å². The van der Waals surface area contributed by atoms with Crippen LogP contribution in [0.25, 0.3) is 11.0 Å². The van der Waals surface area contributed by atoms with E-state index in [0.717, 1.165) is 30.8 Å². The maximum absolute atomic E-state index is 5.42. The summed E-state index contributed by atoms with van der Waals surface area (Å²) in [5, 5.41) is 11.2. The van der Waals surface area contributed by atoms with Crippen LogP contribution in [0, 0.1) is 5.41 Å². The first-order chi connectivity index (χ1) is 10.1. The molecule has 8 heteroatoms. The number of fused-ring (bicyclic) bond motifs is 1. The Morgan fingerprint density at radius 1 is 1.38 bits per heavy atom. The van der Waals surface area contributed by atoms with E-state index >= 15 is 0 Å². The average Bonchev–Trinajstić information content (AvgIpc) is 2.96. The van der Waals surface area contributed by atoms with E-state index in [2.05, 4.69) is 49.8 Å². The fourth-order valence-corrected chi connectivity index (χ4v) is 2.67. The fourth-order valence-electron chi connectivity index (χ4n) is 2.67. The van der Waals surface area contributed by atoms with Gasteiger partial charge in [0.15, 0.2) is 5.65 Å². The lowest BCUT2D eigenvalue weighted by molar-refractivity contribution is 0.150. The number of H-pyrrole nitrogens is 1. The van der Waals surface area contributed by atoms with Crippen LogP contribution in [0.3, 0.4) is 0 Å². The van der Waals surface area contributed by atoms with Crippen molar-refractivity contribution in [3.05, 3.63) is 6.20 Å². The highest BCUT2D eigenvalue weighted by Crippen LogP contribution is 2.31. The number of rotatable bonds is 4. The lowest BCUT2D eigenvalue weighted by Crippen LogP contribution is -2.40. The predicted octanol–water partition coefficient (Wildman–Crippen LogP) is 0.782. The molecule has 0 saturated carbocycles. The van der Waals surface area contributed by atoms with E-state index in [4.69, 9.17) is 5.84 Å². The first-order valence-corrected chi connectivity index (χ1v) is 7.20. The highest BCUT2D eigenvalue weighted by atomic mass is 15.3. The van der Waals surface area contributed by atoms with Crippen molar-refractivity contribution in [1.82, 2.24) is 25.1 Å². The molecule has 3 heterocycles. The summed E-state index contributed by atoms with van der Waals surface area (Å²) in [6.45, 7) is 5.47. The van der Waals surface area contributed by atoms with Crippen molar-refractivity contribution in [3.63, 3.8) is 0 Å². The summed E-state index contributed by atoms with van der Waals surface area (Å²) >= 11 is 0. The molecule has 3 rings (SSSR count). The molecule has 2 aromatic heterocycles. The van der Waals surface area contributed by atoms with Crippen molar-refractivity contribution in [2.24, 2.45) is 11.3 Å². The number of hydrazine groups is 1. The van der Waals surface area contributed by atoms with E-state index in [-0.39, 0.29) is 5.41 Å². The number of anilines is 2. The molecule has 1 saturated heterocycles. The number of nitrogens with one attached hydrogen (secondary N) is 3. The second-order valence-electron chi connectivity index (χ2n) is 6.14. The van der Waals surface area contributed by atoms with Crippen molar-refractivity contribution in [3.8, 4) is 0 Å². The summed E-state index contributed by atoms with van der Waals surface area (Å²) in [5.41, 5.74) is 3.44. The number of aromatic nitrogens is 4. The molecule has 0 unspecified atom stereocenters. The number of aromatic amines is 1. The maximum atomic E-state index is 5.42. The first-order valence-electron chi connectivity index (χ1n) is 7.20. The molecule has 1 aliphatic rings. The molecule has 0 spiro atoms. The quantitative estimate of drug-likeness (QED) is 0.487. The summed E-state index contributed by atoms with van der Waals surface area (Å²) < 4.78 is 0. The molecule has 1 fully saturated rings. The van der Waals surface area contributed by atoms with E-state index in [1.54, 1.807) is 6.20 Å². The van der Waals surface area contributed by atoms with Gasteiger partial charge in [-0.3, -0.25) is 10.5 Å². The second kappa shape index (κ2) is 5.45. The van der Waals surface area contributed by atoms with Gasteiger partial charge in [-0.2, -0.15) is 15.1 Å². The van der Waals surface area contributed by atoms with Crippen LogP contribution >= 0.6 is 0 Å². The SMILES string of the molecule is CN1CCC(C)(CNc2nc(NN)nc3[nH]ncc23)CC1. The zero-order valence-corrected chi connectivity index (χ0v) is 12.5. The van der Waals surface area contributed by atoms with Crippen LogP contribution in [0.1, 0.15) is 19.8 Å². The molecule has 21 heavy (non-hydrogen) atoms. The van der Waals surface area contributed by atoms with Gasteiger partial charge in [0.25, 0.3) is 0 Å². The lowest BCUT2D eigenvalue weighted by atomic mass is 9.80. The Bertz CT molecular complexity index is 614. The standard InChI is InChI=1S/C13H22N8/c1-13(3-5-21(2)6-4-13)8-15-10-9-7-16-20-11(9)18-12(17-10)19-14/h7H,3-6,8,14H2,1-2H3,(H3,15,16,17,18,19,20). The number of nitrogens with two attached hydrogens (primary N) is 1. The van der Waals surface area contributed by atoms with Gasteiger partial charge in [-0.25, -0.2) is 5.84 Å². The fraction of sp³-hybridized carbons (Fsp3) is 0.615. The molecule has 5 N–H and O–H groups in total. The largest absolute Gasteiger partial charge is 0.369 e. The van der Waals surface area contributed by atoms with Crippen molar-refractivity contribution < 1.29 is 0 Å². The third-order valence-electron chi connectivity index (χ3n) is 4.32. The predicted molar refractivity (Wildman–Crippen MR) is 82.8 cm³/mol. The normalized spacial score (nSPS) is 18.8. The van der Waals surface area contributed by atoms with E-state index < -0.39 is 0 Å². The van der Waals surface area contributed by atoms with Crippen LogP contribution < -0.4 is 16.6 Å². The highest BCUT2D eigenvalue weighted by molar-refractivity contribution is 5.86. The number of nitrogens with zero attached hydrogens (tertiary/aromatic N) is 4. The minimum Gasteiger partial charge on any atom is -0.369 e. The summed E-state index contributed by atoms with van der Waals surface area (Å²) in [4.78, 5) is 11.0. The van der Waals surface area contributed by atoms with Gasteiger partial charge >= 0.3 is 0 Å². The first kappa shape index (κ1) is 14.0. The topological polar surface area (TPSA) is 108 Å². The van der Waals surface area contributed by atoms with Gasteiger partial charge < -0.3 is 10.2 Å². The molecule has 0 radical (unpaired) electrons. The van der Waals surface area contributed by atoms with E-state index in [1.165, 1.54) is 12.8 Å². The molecule has 2 aromatic rings. The van der Waals surface area contributed by atoms with Crippen LogP contribution in [0.2, 0.25) is 0 Å². The van der Waals surface area contributed by atoms with Gasteiger partial charge in [0, 0.05) is 6.54 Å². The minimum absolute atomic E-state index is 0.282. The second-order valence-corrected chi connectivity index (χ2v) is 6.14. The van der Waals surface area contributed by atoms with Crippen molar-refractivity contribution in [1.29, 1.82) is 0 Å². The Morgan fingerprint density at radius 3 is 2.86 bits per heavy atom. The lowest BCUT2D eigenvalue weighted by Gasteiger charge is -2.38. The number of nitrogen functional groups attached to an aromatic ring is 1. The monoisotopic (exact) mass is 290 g/mol. The number of hydrogen-bond acceptors (Lipinski definition) is 7.